The van der Waals surface area contributed by atoms with Crippen LogP contribution in [0.3, 0.4) is 0 Å². The molecule has 2 rings (SSSR count). The number of benzene rings is 1. The summed E-state index contributed by atoms with van der Waals surface area (Å²) in [7, 11) is 0. The van der Waals surface area contributed by atoms with E-state index in [9.17, 15) is 14.9 Å². The van der Waals surface area contributed by atoms with Crippen molar-refractivity contribution in [2.45, 2.75) is 25.3 Å². The van der Waals surface area contributed by atoms with Crippen LogP contribution in [0.5, 0.6) is 0 Å². The first kappa shape index (κ1) is 19.3. The van der Waals surface area contributed by atoms with Crippen molar-refractivity contribution in [3.8, 4) is 0 Å². The third-order valence-corrected chi connectivity index (χ3v) is 3.96. The zero-order chi connectivity index (χ0) is 15.9. The van der Waals surface area contributed by atoms with Gasteiger partial charge in [-0.15, -0.1) is 12.4 Å². The fraction of sp³-hybridized carbons (Fsp3) is 0.533. The van der Waals surface area contributed by atoms with Crippen LogP contribution in [0, 0.1) is 16.0 Å². The molecular weight excluding hydrogens is 322 g/mol. The van der Waals surface area contributed by atoms with Crippen LogP contribution in [0.1, 0.15) is 18.4 Å². The fourth-order valence-electron chi connectivity index (χ4n) is 2.63. The Kier molecular flexibility index (Phi) is 7.94. The van der Waals surface area contributed by atoms with E-state index in [0.717, 1.165) is 12.8 Å². The van der Waals surface area contributed by atoms with Crippen molar-refractivity contribution in [3.63, 3.8) is 0 Å². The van der Waals surface area contributed by atoms with Crippen molar-refractivity contribution < 1.29 is 14.5 Å². The van der Waals surface area contributed by atoms with Gasteiger partial charge in [0.2, 0.25) is 5.91 Å². The summed E-state index contributed by atoms with van der Waals surface area (Å²) in [6, 6.07) is 5.99. The van der Waals surface area contributed by atoms with E-state index in [-0.39, 0.29) is 29.9 Å². The van der Waals surface area contributed by atoms with Gasteiger partial charge in [-0.05, 0) is 25.2 Å². The van der Waals surface area contributed by atoms with Crippen LogP contribution in [0.4, 0.5) is 5.69 Å². The molecule has 7 nitrogen and oxygen atoms in total. The third-order valence-electron chi connectivity index (χ3n) is 3.96. The van der Waals surface area contributed by atoms with E-state index < -0.39 is 11.0 Å². The number of amides is 1. The normalized spacial score (nSPS) is 16.2. The largest absolute Gasteiger partial charge is 0.381 e. The van der Waals surface area contributed by atoms with Crippen molar-refractivity contribution >= 4 is 24.0 Å². The zero-order valence-electron chi connectivity index (χ0n) is 12.8. The van der Waals surface area contributed by atoms with E-state index in [1.807, 2.05) is 0 Å². The maximum atomic E-state index is 12.0. The summed E-state index contributed by atoms with van der Waals surface area (Å²) in [6.45, 7) is 1.62. The second-order valence-electron chi connectivity index (χ2n) is 5.40. The van der Waals surface area contributed by atoms with Crippen molar-refractivity contribution in [2.24, 2.45) is 11.7 Å². The van der Waals surface area contributed by atoms with E-state index in [0.29, 0.717) is 31.7 Å². The molecule has 1 unspecified atom stereocenters. The number of nitro benzene ring substituents is 1. The molecule has 0 spiro atoms. The van der Waals surface area contributed by atoms with Crippen LogP contribution in [0.2, 0.25) is 0 Å². The molecule has 3 N–H and O–H groups in total. The number of hydrogen-bond donors (Lipinski definition) is 2. The van der Waals surface area contributed by atoms with Gasteiger partial charge in [-0.3, -0.25) is 14.9 Å². The Labute approximate surface area is 141 Å². The van der Waals surface area contributed by atoms with Gasteiger partial charge in [0.1, 0.15) is 0 Å². The Bertz CT molecular complexity index is 535. The first-order valence-corrected chi connectivity index (χ1v) is 7.43. The number of ether oxygens (including phenoxy) is 1. The molecule has 0 aliphatic carbocycles. The van der Waals surface area contributed by atoms with Crippen molar-refractivity contribution in [1.82, 2.24) is 5.32 Å². The lowest BCUT2D eigenvalue weighted by Gasteiger charge is -2.26. The monoisotopic (exact) mass is 343 g/mol. The molecule has 1 fully saturated rings. The molecule has 128 valence electrons. The highest BCUT2D eigenvalue weighted by atomic mass is 35.5. The first-order valence-electron chi connectivity index (χ1n) is 7.43. The number of carbonyl (C=O) groups excluding carboxylic acids is 1. The molecule has 1 atom stereocenters. The van der Waals surface area contributed by atoms with Gasteiger partial charge in [0.05, 0.1) is 11.0 Å². The Morgan fingerprint density at radius 1 is 1.39 bits per heavy atom. The number of rotatable bonds is 6. The predicted molar refractivity (Wildman–Crippen MR) is 88.6 cm³/mol. The SMILES string of the molecule is Cl.NC(C(=O)NCCc1ccccc1[N+](=O)[O-])C1CCOCC1. The first-order chi connectivity index (χ1) is 10.6. The molecule has 1 aromatic rings. The van der Waals surface area contributed by atoms with Crippen LogP contribution in [0.25, 0.3) is 0 Å². The van der Waals surface area contributed by atoms with E-state index in [1.165, 1.54) is 6.07 Å². The van der Waals surface area contributed by atoms with E-state index in [4.69, 9.17) is 10.5 Å². The van der Waals surface area contributed by atoms with E-state index in [1.54, 1.807) is 18.2 Å². The number of nitro groups is 1. The average Bonchev–Trinajstić information content (AvgIpc) is 2.55. The summed E-state index contributed by atoms with van der Waals surface area (Å²) in [5, 5.41) is 13.7. The van der Waals surface area contributed by atoms with Gasteiger partial charge in [0.25, 0.3) is 5.69 Å². The average molecular weight is 344 g/mol. The molecule has 0 bridgehead atoms. The van der Waals surface area contributed by atoms with Crippen LogP contribution in [0.15, 0.2) is 24.3 Å². The molecular formula is C15H22ClN3O4. The van der Waals surface area contributed by atoms with E-state index in [2.05, 4.69) is 5.32 Å². The zero-order valence-corrected chi connectivity index (χ0v) is 13.6. The lowest BCUT2D eigenvalue weighted by atomic mass is 9.92. The standard InChI is InChI=1S/C15H21N3O4.ClH/c16-14(12-6-9-22-10-7-12)15(19)17-8-5-11-3-1-2-4-13(11)18(20)21;/h1-4,12,14H,5-10,16H2,(H,17,19);1H. The second-order valence-corrected chi connectivity index (χ2v) is 5.40. The minimum Gasteiger partial charge on any atom is -0.381 e. The Hall–Kier alpha value is -1.70. The topological polar surface area (TPSA) is 107 Å². The molecule has 0 saturated carbocycles. The summed E-state index contributed by atoms with van der Waals surface area (Å²) < 4.78 is 5.25. The van der Waals surface area contributed by atoms with Gasteiger partial charge >= 0.3 is 0 Å². The Morgan fingerprint density at radius 3 is 2.70 bits per heavy atom. The molecule has 1 aliphatic heterocycles. The summed E-state index contributed by atoms with van der Waals surface area (Å²) >= 11 is 0. The smallest absolute Gasteiger partial charge is 0.272 e. The van der Waals surface area contributed by atoms with Crippen molar-refractivity contribution in [3.05, 3.63) is 39.9 Å². The van der Waals surface area contributed by atoms with Gasteiger partial charge in [-0.1, -0.05) is 18.2 Å². The van der Waals surface area contributed by atoms with Crippen LogP contribution >= 0.6 is 12.4 Å². The van der Waals surface area contributed by atoms with Gasteiger partial charge in [0.15, 0.2) is 0 Å². The summed E-state index contributed by atoms with van der Waals surface area (Å²) in [5.74, 6) is -0.0645. The molecule has 0 aromatic heterocycles. The maximum absolute atomic E-state index is 12.0. The van der Waals surface area contributed by atoms with Crippen LogP contribution < -0.4 is 11.1 Å². The molecule has 23 heavy (non-hydrogen) atoms. The molecule has 1 saturated heterocycles. The minimum absolute atomic E-state index is 0. The van der Waals surface area contributed by atoms with Gasteiger partial charge in [0, 0.05) is 31.4 Å². The molecule has 1 aromatic carbocycles. The van der Waals surface area contributed by atoms with E-state index >= 15 is 0 Å². The highest BCUT2D eigenvalue weighted by Gasteiger charge is 2.26. The number of nitrogens with one attached hydrogen (secondary N) is 1. The highest BCUT2D eigenvalue weighted by Crippen LogP contribution is 2.19. The molecule has 1 aliphatic rings. The number of carbonyl (C=O) groups is 1. The van der Waals surface area contributed by atoms with Gasteiger partial charge in [-0.25, -0.2) is 0 Å². The maximum Gasteiger partial charge on any atom is 0.272 e. The Balaban J connectivity index is 0.00000264. The molecule has 1 amide bonds. The number of nitrogens with two attached hydrogens (primary N) is 1. The molecule has 1 heterocycles. The summed E-state index contributed by atoms with van der Waals surface area (Å²) in [6.07, 6.45) is 1.99. The number of nitrogens with zero attached hydrogens (tertiary/aromatic N) is 1. The minimum atomic E-state index is -0.547. The fourth-order valence-corrected chi connectivity index (χ4v) is 2.63. The number of para-hydroxylation sites is 1. The Morgan fingerprint density at radius 2 is 2.04 bits per heavy atom. The molecule has 8 heteroatoms. The molecule has 0 radical (unpaired) electrons. The summed E-state index contributed by atoms with van der Waals surface area (Å²) in [4.78, 5) is 22.5. The highest BCUT2D eigenvalue weighted by molar-refractivity contribution is 5.85. The lowest BCUT2D eigenvalue weighted by Crippen LogP contribution is -2.47. The predicted octanol–water partition coefficient (Wildman–Crippen LogP) is 1.43. The number of hydrogen-bond acceptors (Lipinski definition) is 5. The van der Waals surface area contributed by atoms with Gasteiger partial charge in [-0.2, -0.15) is 0 Å². The quantitative estimate of drug-likeness (QED) is 0.600. The van der Waals surface area contributed by atoms with Crippen LogP contribution in [-0.4, -0.2) is 36.6 Å². The third kappa shape index (κ3) is 5.46. The van der Waals surface area contributed by atoms with Crippen LogP contribution in [-0.2, 0) is 16.0 Å². The van der Waals surface area contributed by atoms with Crippen molar-refractivity contribution in [2.75, 3.05) is 19.8 Å². The van der Waals surface area contributed by atoms with Crippen molar-refractivity contribution in [1.29, 1.82) is 0 Å². The second kappa shape index (κ2) is 9.44. The number of halogens is 1. The lowest BCUT2D eigenvalue weighted by molar-refractivity contribution is -0.385. The summed E-state index contributed by atoms with van der Waals surface area (Å²) in [5.41, 5.74) is 6.65. The van der Waals surface area contributed by atoms with Gasteiger partial charge < -0.3 is 15.8 Å².